The van der Waals surface area contributed by atoms with Gasteiger partial charge in [0.1, 0.15) is 5.75 Å². The van der Waals surface area contributed by atoms with E-state index in [1.165, 1.54) is 7.11 Å². The molecule has 0 saturated carbocycles. The number of fused-ring (bicyclic) bond motifs is 1. The highest BCUT2D eigenvalue weighted by Gasteiger charge is 2.45. The van der Waals surface area contributed by atoms with E-state index >= 15 is 0 Å². The molecule has 0 bridgehead atoms. The molecule has 1 N–H and O–H groups in total. The van der Waals surface area contributed by atoms with Crippen molar-refractivity contribution in [3.63, 3.8) is 0 Å². The van der Waals surface area contributed by atoms with Crippen molar-refractivity contribution in [3.05, 3.63) is 65.2 Å². The topological polar surface area (TPSA) is 55.8 Å². The van der Waals surface area contributed by atoms with E-state index < -0.39 is 11.8 Å². The Morgan fingerprint density at radius 2 is 1.81 bits per heavy atom. The molecule has 2 aromatic carbocycles. The molecule has 110 valence electrons. The molecule has 1 heterocycles. The van der Waals surface area contributed by atoms with E-state index in [0.29, 0.717) is 22.4 Å². The summed E-state index contributed by atoms with van der Waals surface area (Å²) >= 11 is 3.53. The van der Waals surface area contributed by atoms with Crippen LogP contribution in [0, 0.1) is 0 Å². The summed E-state index contributed by atoms with van der Waals surface area (Å²) in [4.78, 5) is 11.8. The van der Waals surface area contributed by atoms with Crippen LogP contribution in [0.4, 0.5) is 0 Å². The highest BCUT2D eigenvalue weighted by Crippen LogP contribution is 2.41. The lowest BCUT2D eigenvalue weighted by molar-refractivity contribution is -0.129. The van der Waals surface area contributed by atoms with E-state index in [1.807, 2.05) is 6.07 Å². The quantitative estimate of drug-likeness (QED) is 0.661. The van der Waals surface area contributed by atoms with Crippen molar-refractivity contribution in [2.45, 2.75) is 5.79 Å². The Labute approximate surface area is 128 Å². The Hall–Kier alpha value is -1.98. The van der Waals surface area contributed by atoms with E-state index in [2.05, 4.69) is 12.6 Å². The van der Waals surface area contributed by atoms with Gasteiger partial charge in [0, 0.05) is 11.1 Å². The Bertz CT molecular complexity index is 642. The molecular formula is C16H16O4S. The van der Waals surface area contributed by atoms with Gasteiger partial charge in [-0.25, -0.2) is 4.79 Å². The molecule has 0 aliphatic carbocycles. The molecular weight excluding hydrogens is 288 g/mol. The van der Waals surface area contributed by atoms with E-state index in [9.17, 15) is 9.90 Å². The summed E-state index contributed by atoms with van der Waals surface area (Å²) in [7, 11) is 1.53. The molecule has 4 nitrogen and oxygen atoms in total. The van der Waals surface area contributed by atoms with Crippen LogP contribution in [0.25, 0.3) is 0 Å². The number of benzene rings is 2. The summed E-state index contributed by atoms with van der Waals surface area (Å²) in [5, 5.41) is 10.7. The minimum atomic E-state index is -1.75. The van der Waals surface area contributed by atoms with E-state index in [4.69, 9.17) is 9.47 Å². The van der Waals surface area contributed by atoms with Gasteiger partial charge >= 0.3 is 5.97 Å². The zero-order valence-corrected chi connectivity index (χ0v) is 12.6. The zero-order valence-electron chi connectivity index (χ0n) is 11.7. The molecule has 2 aromatic rings. The number of ether oxygens (including phenoxy) is 2. The Morgan fingerprint density at radius 3 is 2.43 bits per heavy atom. The molecule has 1 unspecified atom stereocenters. The third-order valence-electron chi connectivity index (χ3n) is 3.22. The van der Waals surface area contributed by atoms with Crippen LogP contribution in [-0.2, 0) is 10.5 Å². The summed E-state index contributed by atoms with van der Waals surface area (Å²) in [6.07, 6.45) is 1.69. The zero-order chi connectivity index (χ0) is 15.5. The van der Waals surface area contributed by atoms with Crippen molar-refractivity contribution in [2.75, 3.05) is 13.4 Å². The fourth-order valence-corrected chi connectivity index (χ4v) is 2.23. The van der Waals surface area contributed by atoms with Crippen LogP contribution < -0.4 is 4.74 Å². The maximum absolute atomic E-state index is 11.8. The lowest BCUT2D eigenvalue weighted by Gasteiger charge is -2.22. The molecule has 5 heteroatoms. The normalized spacial score (nSPS) is 19.1. The van der Waals surface area contributed by atoms with Crippen molar-refractivity contribution in [3.8, 4) is 5.75 Å². The van der Waals surface area contributed by atoms with Crippen LogP contribution in [0.15, 0.2) is 48.5 Å². The van der Waals surface area contributed by atoms with Crippen LogP contribution >= 0.6 is 12.6 Å². The number of rotatable bonds is 2. The number of hydrogen-bond acceptors (Lipinski definition) is 5. The van der Waals surface area contributed by atoms with Gasteiger partial charge in [-0.2, -0.15) is 12.6 Å². The Kier molecular flexibility index (Phi) is 4.55. The van der Waals surface area contributed by atoms with E-state index in [1.54, 1.807) is 48.7 Å². The summed E-state index contributed by atoms with van der Waals surface area (Å²) in [6.45, 7) is 0. The largest absolute Gasteiger partial charge is 0.497 e. The molecule has 1 aliphatic heterocycles. The maximum Gasteiger partial charge on any atom is 0.341 e. The number of hydrogen-bond donors (Lipinski definition) is 2. The standard InChI is InChI=1S/C15H12O4.CH4S/c1-18-11-7-8-12-13(9-11)15(17,19-14(12)16)10-5-3-2-4-6-10;1-2/h2-9,17H,1H3;2H,1H3. The molecule has 0 fully saturated rings. The highest BCUT2D eigenvalue weighted by atomic mass is 32.1. The fraction of sp³-hybridized carbons (Fsp3) is 0.188. The number of thiol groups is 1. The van der Waals surface area contributed by atoms with Crippen LogP contribution in [0.5, 0.6) is 5.75 Å². The van der Waals surface area contributed by atoms with Crippen molar-refractivity contribution in [1.29, 1.82) is 0 Å². The van der Waals surface area contributed by atoms with Gasteiger partial charge in [-0.3, -0.25) is 0 Å². The number of carbonyl (C=O) groups is 1. The van der Waals surface area contributed by atoms with Crippen LogP contribution in [0.2, 0.25) is 0 Å². The Morgan fingerprint density at radius 1 is 1.14 bits per heavy atom. The van der Waals surface area contributed by atoms with Crippen molar-refractivity contribution >= 4 is 18.6 Å². The summed E-state index contributed by atoms with van der Waals surface area (Å²) < 4.78 is 10.3. The molecule has 0 amide bonds. The van der Waals surface area contributed by atoms with Crippen LogP contribution in [0.1, 0.15) is 21.5 Å². The summed E-state index contributed by atoms with van der Waals surface area (Å²) in [6, 6.07) is 13.7. The predicted molar refractivity (Wildman–Crippen MR) is 82.8 cm³/mol. The minimum Gasteiger partial charge on any atom is -0.497 e. The van der Waals surface area contributed by atoms with Crippen LogP contribution in [-0.4, -0.2) is 24.4 Å². The molecule has 1 atom stereocenters. The smallest absolute Gasteiger partial charge is 0.341 e. The average Bonchev–Trinajstić information content (AvgIpc) is 2.82. The molecule has 0 spiro atoms. The van der Waals surface area contributed by atoms with Gasteiger partial charge in [0.2, 0.25) is 0 Å². The molecule has 21 heavy (non-hydrogen) atoms. The maximum atomic E-state index is 11.8. The van der Waals surface area contributed by atoms with Gasteiger partial charge in [-0.05, 0) is 24.5 Å². The second-order valence-corrected chi connectivity index (χ2v) is 4.31. The number of esters is 1. The van der Waals surface area contributed by atoms with Gasteiger partial charge in [0.15, 0.2) is 0 Å². The lowest BCUT2D eigenvalue weighted by Crippen LogP contribution is -2.27. The number of aliphatic hydroxyl groups is 1. The summed E-state index contributed by atoms with van der Waals surface area (Å²) in [5.74, 6) is -1.72. The third kappa shape index (κ3) is 2.62. The molecule has 0 aromatic heterocycles. The Balaban J connectivity index is 0.000000774. The van der Waals surface area contributed by atoms with Crippen molar-refractivity contribution in [1.82, 2.24) is 0 Å². The van der Waals surface area contributed by atoms with Gasteiger partial charge in [-0.1, -0.05) is 30.3 Å². The number of methoxy groups -OCH3 is 1. The average molecular weight is 304 g/mol. The predicted octanol–water partition coefficient (Wildman–Crippen LogP) is 2.61. The molecule has 3 rings (SSSR count). The van der Waals surface area contributed by atoms with Crippen LogP contribution in [0.3, 0.4) is 0 Å². The number of cyclic esters (lactones) is 1. The van der Waals surface area contributed by atoms with E-state index in [-0.39, 0.29) is 0 Å². The van der Waals surface area contributed by atoms with Gasteiger partial charge in [0.25, 0.3) is 5.79 Å². The SMILES string of the molecule is COc1ccc2c(c1)C(O)(c1ccccc1)OC2=O.CS. The molecule has 0 saturated heterocycles. The first-order valence-electron chi connectivity index (χ1n) is 6.29. The molecule has 1 aliphatic rings. The monoisotopic (exact) mass is 304 g/mol. The lowest BCUT2D eigenvalue weighted by atomic mass is 9.95. The first-order valence-corrected chi connectivity index (χ1v) is 7.19. The minimum absolute atomic E-state index is 0.354. The molecule has 0 radical (unpaired) electrons. The van der Waals surface area contributed by atoms with Gasteiger partial charge < -0.3 is 14.6 Å². The second kappa shape index (κ2) is 6.20. The second-order valence-electron chi connectivity index (χ2n) is 4.31. The first kappa shape index (κ1) is 15.4. The third-order valence-corrected chi connectivity index (χ3v) is 3.22. The van der Waals surface area contributed by atoms with Gasteiger partial charge in [-0.15, -0.1) is 0 Å². The van der Waals surface area contributed by atoms with E-state index in [0.717, 1.165) is 0 Å². The van der Waals surface area contributed by atoms with Crippen molar-refractivity contribution in [2.24, 2.45) is 0 Å². The fourth-order valence-electron chi connectivity index (χ4n) is 2.23. The summed E-state index contributed by atoms with van der Waals surface area (Å²) in [5.41, 5.74) is 1.27. The highest BCUT2D eigenvalue weighted by molar-refractivity contribution is 7.79. The number of carbonyl (C=O) groups excluding carboxylic acids is 1. The first-order chi connectivity index (χ1) is 10.1. The van der Waals surface area contributed by atoms with Gasteiger partial charge in [0.05, 0.1) is 12.7 Å². The van der Waals surface area contributed by atoms with Crippen molar-refractivity contribution < 1.29 is 19.4 Å².